The molecule has 0 aliphatic heterocycles. The van der Waals surface area contributed by atoms with Gasteiger partial charge in [-0.05, 0) is 55.3 Å². The molecule has 1 unspecified atom stereocenters. The molecule has 2 amide bonds. The lowest BCUT2D eigenvalue weighted by atomic mass is 10.1. The zero-order chi connectivity index (χ0) is 29.3. The third-order valence-corrected chi connectivity index (χ3v) is 8.54. The number of hydrogen-bond acceptors (Lipinski definition) is 6. The molecule has 0 fully saturated rings. The van der Waals surface area contributed by atoms with Crippen LogP contribution in [-0.4, -0.2) is 49.2 Å². The van der Waals surface area contributed by atoms with Gasteiger partial charge in [0.05, 0.1) is 15.5 Å². The average Bonchev–Trinajstić information content (AvgIpc) is 2.95. The fourth-order valence-electron chi connectivity index (χ4n) is 3.89. The Labute approximate surface area is 242 Å². The second-order valence-corrected chi connectivity index (χ2v) is 11.8. The standard InChI is InChI=1S/C28H31BrN4O6S/c1-3-4-18-30-28(35)21(2)31(19-22-10-12-23(29)13-11-22)27(34)20-32(24-14-16-25(17-15-24)33(36)37)40(38,39)26-8-6-5-7-9-26/h5-17,21H,3-4,18-20H2,1-2H3,(H,30,35). The molecule has 10 nitrogen and oxygen atoms in total. The molecule has 0 saturated carbocycles. The van der Waals surface area contributed by atoms with Crippen molar-refractivity contribution in [3.63, 3.8) is 0 Å². The monoisotopic (exact) mass is 630 g/mol. The van der Waals surface area contributed by atoms with Gasteiger partial charge in [-0.1, -0.05) is 59.6 Å². The molecule has 0 bridgehead atoms. The van der Waals surface area contributed by atoms with E-state index >= 15 is 0 Å². The van der Waals surface area contributed by atoms with Crippen molar-refractivity contribution < 1.29 is 22.9 Å². The van der Waals surface area contributed by atoms with Crippen molar-refractivity contribution in [2.24, 2.45) is 0 Å². The third-order valence-electron chi connectivity index (χ3n) is 6.22. The molecule has 0 aliphatic carbocycles. The second kappa shape index (κ2) is 14.0. The molecular weight excluding hydrogens is 600 g/mol. The largest absolute Gasteiger partial charge is 0.354 e. The molecule has 1 atom stereocenters. The molecule has 0 aromatic heterocycles. The Bertz CT molecular complexity index is 1420. The van der Waals surface area contributed by atoms with Gasteiger partial charge in [0.2, 0.25) is 11.8 Å². The number of anilines is 1. The molecule has 0 saturated heterocycles. The summed E-state index contributed by atoms with van der Waals surface area (Å²) in [5, 5.41) is 14.0. The summed E-state index contributed by atoms with van der Waals surface area (Å²) in [7, 11) is -4.25. The Morgan fingerprint density at radius 2 is 1.62 bits per heavy atom. The van der Waals surface area contributed by atoms with Gasteiger partial charge in [0.25, 0.3) is 15.7 Å². The maximum absolute atomic E-state index is 13.8. The Kier molecular flexibility index (Phi) is 10.8. The van der Waals surface area contributed by atoms with Crippen molar-refractivity contribution in [1.82, 2.24) is 10.2 Å². The van der Waals surface area contributed by atoms with Gasteiger partial charge in [-0.2, -0.15) is 0 Å². The Morgan fingerprint density at radius 3 is 2.20 bits per heavy atom. The Morgan fingerprint density at radius 1 is 1.00 bits per heavy atom. The van der Waals surface area contributed by atoms with E-state index in [-0.39, 0.29) is 28.7 Å². The summed E-state index contributed by atoms with van der Waals surface area (Å²) in [5.74, 6) is -0.967. The molecule has 0 heterocycles. The molecule has 0 radical (unpaired) electrons. The Balaban J connectivity index is 2.00. The maximum Gasteiger partial charge on any atom is 0.269 e. The van der Waals surface area contributed by atoms with Crippen LogP contribution in [0, 0.1) is 10.1 Å². The van der Waals surface area contributed by atoms with Crippen molar-refractivity contribution in [2.45, 2.75) is 44.2 Å². The van der Waals surface area contributed by atoms with E-state index in [1.165, 1.54) is 41.3 Å². The number of hydrogen-bond donors (Lipinski definition) is 1. The lowest BCUT2D eigenvalue weighted by molar-refractivity contribution is -0.384. The summed E-state index contributed by atoms with van der Waals surface area (Å²) >= 11 is 3.38. The number of carbonyl (C=O) groups is 2. The summed E-state index contributed by atoms with van der Waals surface area (Å²) in [5.41, 5.74) is 0.602. The number of non-ortho nitro benzene ring substituents is 1. The topological polar surface area (TPSA) is 130 Å². The molecule has 40 heavy (non-hydrogen) atoms. The van der Waals surface area contributed by atoms with Crippen LogP contribution in [0.5, 0.6) is 0 Å². The zero-order valence-corrected chi connectivity index (χ0v) is 24.6. The molecule has 12 heteroatoms. The first-order valence-electron chi connectivity index (χ1n) is 12.7. The van der Waals surface area contributed by atoms with Gasteiger partial charge in [-0.3, -0.25) is 24.0 Å². The van der Waals surface area contributed by atoms with Crippen molar-refractivity contribution in [1.29, 1.82) is 0 Å². The molecule has 0 spiro atoms. The normalized spacial score (nSPS) is 11.9. The predicted molar refractivity (Wildman–Crippen MR) is 156 cm³/mol. The summed E-state index contributed by atoms with van der Waals surface area (Å²) < 4.78 is 29.2. The highest BCUT2D eigenvalue weighted by Crippen LogP contribution is 2.26. The van der Waals surface area contributed by atoms with Crippen molar-refractivity contribution in [2.75, 3.05) is 17.4 Å². The second-order valence-electron chi connectivity index (χ2n) is 9.07. The molecule has 3 aromatic rings. The van der Waals surface area contributed by atoms with Gasteiger partial charge in [-0.25, -0.2) is 8.42 Å². The summed E-state index contributed by atoms with van der Waals surface area (Å²) in [4.78, 5) is 38.7. The van der Waals surface area contributed by atoms with Crippen LogP contribution in [0.25, 0.3) is 0 Å². The first-order valence-corrected chi connectivity index (χ1v) is 14.9. The number of nitrogens with zero attached hydrogens (tertiary/aromatic N) is 3. The molecule has 3 rings (SSSR count). The van der Waals surface area contributed by atoms with Crippen LogP contribution in [0.3, 0.4) is 0 Å². The van der Waals surface area contributed by atoms with Crippen LogP contribution in [0.15, 0.2) is 88.2 Å². The minimum absolute atomic E-state index is 0.0500. The van der Waals surface area contributed by atoms with E-state index in [1.54, 1.807) is 37.3 Å². The fourth-order valence-corrected chi connectivity index (χ4v) is 5.59. The molecule has 3 aromatic carbocycles. The first kappa shape index (κ1) is 30.8. The van der Waals surface area contributed by atoms with E-state index < -0.39 is 33.4 Å². The van der Waals surface area contributed by atoms with Crippen molar-refractivity contribution >= 4 is 49.1 Å². The van der Waals surface area contributed by atoms with Crippen LogP contribution in [0.2, 0.25) is 0 Å². The highest BCUT2D eigenvalue weighted by atomic mass is 79.9. The number of nitro groups is 1. The van der Waals surface area contributed by atoms with E-state index in [0.717, 1.165) is 27.2 Å². The predicted octanol–water partition coefficient (Wildman–Crippen LogP) is 4.89. The van der Waals surface area contributed by atoms with Gasteiger partial charge in [-0.15, -0.1) is 0 Å². The van der Waals surface area contributed by atoms with E-state index in [9.17, 15) is 28.1 Å². The van der Waals surface area contributed by atoms with E-state index in [0.29, 0.717) is 6.54 Å². The number of nitro benzene ring substituents is 1. The average molecular weight is 632 g/mol. The van der Waals surface area contributed by atoms with Crippen molar-refractivity contribution in [3.8, 4) is 0 Å². The van der Waals surface area contributed by atoms with Gasteiger partial charge in [0, 0.05) is 29.7 Å². The number of unbranched alkanes of at least 4 members (excludes halogenated alkanes) is 1. The van der Waals surface area contributed by atoms with Crippen LogP contribution >= 0.6 is 15.9 Å². The number of halogens is 1. The van der Waals surface area contributed by atoms with Crippen molar-refractivity contribution in [3.05, 3.63) is 99.0 Å². The quantitative estimate of drug-likeness (QED) is 0.163. The maximum atomic E-state index is 13.8. The smallest absolute Gasteiger partial charge is 0.269 e. The highest BCUT2D eigenvalue weighted by Gasteiger charge is 2.32. The number of carbonyl (C=O) groups excluding carboxylic acids is 2. The molecule has 212 valence electrons. The number of nitrogens with one attached hydrogen (secondary N) is 1. The van der Waals surface area contributed by atoms with Gasteiger partial charge >= 0.3 is 0 Å². The summed E-state index contributed by atoms with van der Waals surface area (Å²) in [6.07, 6.45) is 1.67. The van der Waals surface area contributed by atoms with E-state index in [4.69, 9.17) is 0 Å². The zero-order valence-electron chi connectivity index (χ0n) is 22.2. The SMILES string of the molecule is CCCCNC(=O)C(C)N(Cc1ccc(Br)cc1)C(=O)CN(c1ccc([N+](=O)[O-])cc1)S(=O)(=O)c1ccccc1. The summed E-state index contributed by atoms with van der Waals surface area (Å²) in [6.45, 7) is 3.49. The molecular formula is C28H31BrN4O6S. The summed E-state index contributed by atoms with van der Waals surface area (Å²) in [6, 6.07) is 18.9. The van der Waals surface area contributed by atoms with Gasteiger partial charge in [0.1, 0.15) is 12.6 Å². The van der Waals surface area contributed by atoms with E-state index in [2.05, 4.69) is 21.2 Å². The van der Waals surface area contributed by atoms with Crippen LogP contribution in [-0.2, 0) is 26.2 Å². The molecule has 1 N–H and O–H groups in total. The number of rotatable bonds is 13. The lowest BCUT2D eigenvalue weighted by Crippen LogP contribution is -2.51. The van der Waals surface area contributed by atoms with Gasteiger partial charge in [0.15, 0.2) is 0 Å². The lowest BCUT2D eigenvalue weighted by Gasteiger charge is -2.32. The van der Waals surface area contributed by atoms with Crippen LogP contribution in [0.4, 0.5) is 11.4 Å². The fraction of sp³-hybridized carbons (Fsp3) is 0.286. The highest BCUT2D eigenvalue weighted by molar-refractivity contribution is 9.10. The number of benzene rings is 3. The third kappa shape index (κ3) is 7.89. The Hall–Kier alpha value is -3.77. The minimum atomic E-state index is -4.25. The van der Waals surface area contributed by atoms with E-state index in [1.807, 2.05) is 19.1 Å². The van der Waals surface area contributed by atoms with Crippen LogP contribution in [0.1, 0.15) is 32.3 Å². The van der Waals surface area contributed by atoms with Crippen LogP contribution < -0.4 is 9.62 Å². The van der Waals surface area contributed by atoms with Gasteiger partial charge < -0.3 is 10.2 Å². The first-order chi connectivity index (χ1) is 19.0. The minimum Gasteiger partial charge on any atom is -0.354 e. The number of amides is 2. The number of sulfonamides is 1. The molecule has 0 aliphatic rings.